The molecular weight excluding hydrogens is 740 g/mol. The summed E-state index contributed by atoms with van der Waals surface area (Å²) in [6, 6.07) is 28.3. The van der Waals surface area contributed by atoms with Crippen molar-refractivity contribution >= 4 is 62.7 Å². The number of fused-ring (bicyclic) bond motifs is 3. The van der Waals surface area contributed by atoms with Crippen LogP contribution in [0.5, 0.6) is 17.2 Å². The van der Waals surface area contributed by atoms with E-state index in [1.165, 1.54) is 36.4 Å². The average molecular weight is 768 g/mol. The minimum absolute atomic E-state index is 0. The van der Waals surface area contributed by atoms with Gasteiger partial charge in [0.05, 0.1) is 36.0 Å². The number of hydrogen-bond acceptors (Lipinski definition) is 12. The second-order valence-corrected chi connectivity index (χ2v) is 14.1. The molecule has 6 rings (SSSR count). The molecule has 6 aromatic carbocycles. The first-order chi connectivity index (χ1) is 22.5. The Balaban J connectivity index is 0.000000197. The Kier molecular flexibility index (Phi) is 12.8. The minimum atomic E-state index is -4.39. The minimum Gasteiger partial charge on any atom is -0.744 e. The molecule has 0 N–H and O–H groups in total. The first-order valence-electron chi connectivity index (χ1n) is 13.6. The Morgan fingerprint density at radius 1 is 0.367 bits per heavy atom. The van der Waals surface area contributed by atoms with Gasteiger partial charge >= 0.3 is 17.1 Å². The van der Waals surface area contributed by atoms with Crippen molar-refractivity contribution in [2.24, 2.45) is 0 Å². The van der Waals surface area contributed by atoms with Crippen LogP contribution in [0, 0.1) is 0 Å². The molecule has 0 bridgehead atoms. The fraction of sp³-hybridized carbons (Fsp3) is 0.0909. The molecule has 0 amide bonds. The molecule has 0 aliphatic rings. The van der Waals surface area contributed by atoms with E-state index in [9.17, 15) is 38.9 Å². The fourth-order valence-corrected chi connectivity index (χ4v) is 5.97. The van der Waals surface area contributed by atoms with Gasteiger partial charge in [0.1, 0.15) is 47.6 Å². The zero-order valence-corrected chi connectivity index (χ0v) is 29.4. The van der Waals surface area contributed by atoms with Crippen LogP contribution in [0.3, 0.4) is 0 Å². The predicted molar refractivity (Wildman–Crippen MR) is 175 cm³/mol. The summed E-state index contributed by atoms with van der Waals surface area (Å²) in [4.78, 5) is -0.652. The van der Waals surface area contributed by atoms with Gasteiger partial charge < -0.3 is 27.9 Å². The van der Waals surface area contributed by atoms with E-state index in [-0.39, 0.29) is 31.8 Å². The van der Waals surface area contributed by atoms with Crippen LogP contribution < -0.4 is 14.2 Å². The Labute approximate surface area is 294 Å². The van der Waals surface area contributed by atoms with Gasteiger partial charge in [-0.1, -0.05) is 36.4 Å². The van der Waals surface area contributed by atoms with Gasteiger partial charge in [-0.25, -0.2) is 25.3 Å². The standard InChI is InChI=1S/3C11H10O4S.Fe/c3*1-15-10-4-2-9-7-11(16(12,13)14)5-3-8(9)6-10;/h3*2-7H,1H3,(H,12,13,14);/q;;;+3/p-3. The van der Waals surface area contributed by atoms with Crippen molar-refractivity contribution in [2.75, 3.05) is 21.3 Å². The topological polar surface area (TPSA) is 199 Å². The summed E-state index contributed by atoms with van der Waals surface area (Å²) >= 11 is 0. The van der Waals surface area contributed by atoms with Gasteiger partial charge in [0.2, 0.25) is 0 Å². The molecule has 0 atom stereocenters. The van der Waals surface area contributed by atoms with Gasteiger partial charge in [0.25, 0.3) is 0 Å². The molecule has 0 saturated heterocycles. The molecule has 1 radical (unpaired) electrons. The molecular formula is C33H27FeO12S3. The molecule has 0 aromatic heterocycles. The summed E-state index contributed by atoms with van der Waals surface area (Å²) in [6.45, 7) is 0. The summed E-state index contributed by atoms with van der Waals surface area (Å²) < 4.78 is 112. The van der Waals surface area contributed by atoms with Crippen LogP contribution in [0.25, 0.3) is 32.3 Å². The molecule has 0 aliphatic heterocycles. The van der Waals surface area contributed by atoms with Crippen molar-refractivity contribution in [3.8, 4) is 17.2 Å². The van der Waals surface area contributed by atoms with Crippen LogP contribution in [0.4, 0.5) is 0 Å². The summed E-state index contributed by atoms with van der Waals surface area (Å²) in [5.74, 6) is 2.06. The monoisotopic (exact) mass is 767 g/mol. The first-order valence-corrected chi connectivity index (χ1v) is 17.9. The van der Waals surface area contributed by atoms with Crippen molar-refractivity contribution in [1.29, 1.82) is 0 Å². The Bertz CT molecular complexity index is 2180. The van der Waals surface area contributed by atoms with Gasteiger partial charge in [0.15, 0.2) is 0 Å². The molecule has 0 fully saturated rings. The van der Waals surface area contributed by atoms with Gasteiger partial charge in [-0.2, -0.15) is 0 Å². The van der Waals surface area contributed by atoms with Crippen LogP contribution in [-0.2, 0) is 47.4 Å². The molecule has 12 nitrogen and oxygen atoms in total. The number of rotatable bonds is 6. The second-order valence-electron chi connectivity index (χ2n) is 9.99. The maximum Gasteiger partial charge on any atom is 3.00 e. The van der Waals surface area contributed by atoms with Crippen LogP contribution in [0.1, 0.15) is 0 Å². The summed E-state index contributed by atoms with van der Waals surface area (Å²) in [7, 11) is -8.51. The molecule has 6 aromatic rings. The van der Waals surface area contributed by atoms with Gasteiger partial charge in [-0.3, -0.25) is 0 Å². The van der Waals surface area contributed by atoms with Crippen LogP contribution in [0.2, 0.25) is 0 Å². The van der Waals surface area contributed by atoms with Gasteiger partial charge in [-0.15, -0.1) is 0 Å². The molecule has 0 heterocycles. The van der Waals surface area contributed by atoms with Gasteiger partial charge in [0, 0.05) is 0 Å². The quantitative estimate of drug-likeness (QED) is 0.158. The second kappa shape index (κ2) is 16.0. The zero-order chi connectivity index (χ0) is 35.3. The Hall–Kier alpha value is -4.25. The largest absolute Gasteiger partial charge is 3.00 e. The normalized spacial score (nSPS) is 11.4. The van der Waals surface area contributed by atoms with E-state index in [2.05, 4.69) is 0 Å². The number of benzene rings is 6. The zero-order valence-electron chi connectivity index (χ0n) is 25.9. The SMILES string of the molecule is COc1ccc2cc(S(=O)(=O)[O-])ccc2c1.COc1ccc2cc(S(=O)(=O)[O-])ccc2c1.COc1ccc2cc(S(=O)(=O)[O-])ccc2c1.[Fe+3]. The Morgan fingerprint density at radius 3 is 0.776 bits per heavy atom. The third kappa shape index (κ3) is 10.4. The third-order valence-electron chi connectivity index (χ3n) is 6.92. The van der Waals surface area contributed by atoms with E-state index in [1.807, 2.05) is 0 Å². The maximum atomic E-state index is 10.8. The predicted octanol–water partition coefficient (Wildman–Crippen LogP) is 5.26. The summed E-state index contributed by atoms with van der Waals surface area (Å²) in [5.41, 5.74) is 0. The number of methoxy groups -OCH3 is 3. The van der Waals surface area contributed by atoms with Crippen molar-refractivity contribution < 1.29 is 70.2 Å². The molecule has 0 saturated carbocycles. The van der Waals surface area contributed by atoms with Crippen molar-refractivity contribution in [2.45, 2.75) is 14.7 Å². The number of ether oxygens (including phenoxy) is 3. The van der Waals surface area contributed by atoms with Crippen LogP contribution in [-0.4, -0.2) is 60.2 Å². The molecule has 0 aliphatic carbocycles. The smallest absolute Gasteiger partial charge is 0.744 e. The van der Waals surface area contributed by atoms with Crippen molar-refractivity contribution in [1.82, 2.24) is 0 Å². The average Bonchev–Trinajstić information content (AvgIpc) is 3.06. The number of hydrogen-bond donors (Lipinski definition) is 0. The van der Waals surface area contributed by atoms with E-state index >= 15 is 0 Å². The van der Waals surface area contributed by atoms with E-state index in [0.29, 0.717) is 33.4 Å². The molecule has 0 spiro atoms. The Morgan fingerprint density at radius 2 is 0.571 bits per heavy atom. The van der Waals surface area contributed by atoms with E-state index in [4.69, 9.17) is 14.2 Å². The summed E-state index contributed by atoms with van der Waals surface area (Å²) in [6.07, 6.45) is 0. The van der Waals surface area contributed by atoms with Crippen molar-refractivity contribution in [3.05, 3.63) is 109 Å². The molecule has 257 valence electrons. The first kappa shape index (κ1) is 39.2. The van der Waals surface area contributed by atoms with E-state index < -0.39 is 30.4 Å². The molecule has 16 heteroatoms. The molecule has 0 unspecified atom stereocenters. The fourth-order valence-electron chi connectivity index (χ4n) is 4.45. The van der Waals surface area contributed by atoms with Crippen LogP contribution in [0.15, 0.2) is 124 Å². The maximum absolute atomic E-state index is 10.8. The van der Waals surface area contributed by atoms with E-state index in [1.54, 1.807) is 94.1 Å². The van der Waals surface area contributed by atoms with Crippen LogP contribution >= 0.6 is 0 Å². The summed E-state index contributed by atoms with van der Waals surface area (Å²) in [5, 5.41) is 4.55. The molecule has 49 heavy (non-hydrogen) atoms. The van der Waals surface area contributed by atoms with Gasteiger partial charge in [-0.05, 0) is 105 Å². The van der Waals surface area contributed by atoms with Crippen molar-refractivity contribution in [3.63, 3.8) is 0 Å². The van der Waals surface area contributed by atoms with E-state index in [0.717, 1.165) is 16.2 Å². The third-order valence-corrected chi connectivity index (χ3v) is 9.42.